The minimum atomic E-state index is -0.149. The Kier molecular flexibility index (Phi) is 7.76. The second kappa shape index (κ2) is 10.7. The molecule has 1 aromatic heterocycles. The molecule has 0 saturated carbocycles. The lowest BCUT2D eigenvalue weighted by Crippen LogP contribution is -2.14. The second-order valence-electron chi connectivity index (χ2n) is 7.11. The average Bonchev–Trinajstić information content (AvgIpc) is 3.25. The Bertz CT molecular complexity index is 1190. The number of rotatable bonds is 6. The molecule has 2 N–H and O–H groups in total. The van der Waals surface area contributed by atoms with Crippen molar-refractivity contribution in [3.63, 3.8) is 0 Å². The molecular weight excluding hydrogens is 442 g/mol. The lowest BCUT2D eigenvalue weighted by molar-refractivity contribution is -0.115. The molecule has 0 radical (unpaired) electrons. The summed E-state index contributed by atoms with van der Waals surface area (Å²) in [5.74, 6) is -0.243. The Hall–Kier alpha value is -3.48. The molecule has 4 rings (SSSR count). The molecule has 0 unspecified atom stereocenters. The minimum absolute atomic E-state index is 0. The maximum atomic E-state index is 12.3. The van der Waals surface area contributed by atoms with Gasteiger partial charge in [-0.1, -0.05) is 48.0 Å². The molecule has 0 spiro atoms. The fourth-order valence-corrected chi connectivity index (χ4v) is 3.82. The highest BCUT2D eigenvalue weighted by molar-refractivity contribution is 7.10. The van der Waals surface area contributed by atoms with Gasteiger partial charge in [0.25, 0.3) is 5.91 Å². The van der Waals surface area contributed by atoms with Crippen molar-refractivity contribution in [3.05, 3.63) is 100 Å². The highest BCUT2D eigenvalue weighted by Gasteiger charge is 2.10. The Morgan fingerprint density at radius 1 is 0.844 bits per heavy atom. The Morgan fingerprint density at radius 2 is 1.47 bits per heavy atom. The quantitative estimate of drug-likeness (QED) is 0.370. The Morgan fingerprint density at radius 3 is 2.16 bits per heavy atom. The van der Waals surface area contributed by atoms with Gasteiger partial charge in [0.15, 0.2) is 0 Å². The van der Waals surface area contributed by atoms with Crippen LogP contribution in [-0.4, -0.2) is 16.8 Å². The van der Waals surface area contributed by atoms with Crippen LogP contribution in [-0.2, 0) is 11.2 Å². The molecule has 0 aliphatic carbocycles. The van der Waals surface area contributed by atoms with E-state index < -0.39 is 0 Å². The fourth-order valence-electron chi connectivity index (χ4n) is 3.02. The summed E-state index contributed by atoms with van der Waals surface area (Å²) in [4.78, 5) is 29.1. The fraction of sp³-hybridized carbons (Fsp3) is 0.0800. The summed E-state index contributed by atoms with van der Waals surface area (Å²) < 4.78 is 0. The predicted octanol–water partition coefficient (Wildman–Crippen LogP) is 5.97. The molecule has 5 nitrogen and oxygen atoms in total. The topological polar surface area (TPSA) is 71.1 Å². The van der Waals surface area contributed by atoms with Gasteiger partial charge >= 0.3 is 0 Å². The third-order valence-electron chi connectivity index (χ3n) is 4.67. The van der Waals surface area contributed by atoms with Crippen LogP contribution in [0, 0.1) is 6.92 Å². The highest BCUT2D eigenvalue weighted by Crippen LogP contribution is 2.24. The van der Waals surface area contributed by atoms with E-state index in [4.69, 9.17) is 0 Å². The van der Waals surface area contributed by atoms with Crippen LogP contribution in [0.2, 0.25) is 0 Å². The van der Waals surface area contributed by atoms with E-state index >= 15 is 0 Å². The second-order valence-corrected chi connectivity index (χ2v) is 8.06. The van der Waals surface area contributed by atoms with Crippen molar-refractivity contribution in [1.29, 1.82) is 0 Å². The van der Waals surface area contributed by atoms with E-state index in [9.17, 15) is 9.59 Å². The zero-order chi connectivity index (χ0) is 21.6. The van der Waals surface area contributed by atoms with Gasteiger partial charge in [-0.3, -0.25) is 9.59 Å². The molecule has 162 valence electrons. The van der Waals surface area contributed by atoms with Crippen LogP contribution in [0.15, 0.2) is 84.2 Å². The van der Waals surface area contributed by atoms with Crippen LogP contribution < -0.4 is 10.6 Å². The Balaban J connectivity index is 0.00000289. The summed E-state index contributed by atoms with van der Waals surface area (Å²) >= 11 is 1.46. The zero-order valence-electron chi connectivity index (χ0n) is 17.4. The number of carbonyl (C=O) groups excluding carboxylic acids is 2. The molecule has 0 atom stereocenters. The van der Waals surface area contributed by atoms with E-state index in [1.165, 1.54) is 11.3 Å². The highest BCUT2D eigenvalue weighted by atomic mass is 35.5. The molecule has 1 heterocycles. The van der Waals surface area contributed by atoms with Crippen molar-refractivity contribution in [2.24, 2.45) is 0 Å². The van der Waals surface area contributed by atoms with Gasteiger partial charge in [0.2, 0.25) is 5.91 Å². The van der Waals surface area contributed by atoms with Gasteiger partial charge < -0.3 is 10.6 Å². The summed E-state index contributed by atoms with van der Waals surface area (Å²) in [7, 11) is 0. The number of amides is 2. The van der Waals surface area contributed by atoms with Gasteiger partial charge in [0, 0.05) is 27.9 Å². The van der Waals surface area contributed by atoms with Gasteiger partial charge in [0.05, 0.1) is 12.1 Å². The maximum absolute atomic E-state index is 12.3. The lowest BCUT2D eigenvalue weighted by Gasteiger charge is -2.06. The molecule has 7 heteroatoms. The van der Waals surface area contributed by atoms with Crippen LogP contribution in [0.5, 0.6) is 0 Å². The number of hydrogen-bond acceptors (Lipinski definition) is 4. The smallest absolute Gasteiger partial charge is 0.255 e. The van der Waals surface area contributed by atoms with Crippen LogP contribution in [0.1, 0.15) is 20.9 Å². The number of aromatic nitrogens is 1. The number of benzene rings is 3. The van der Waals surface area contributed by atoms with Crippen LogP contribution in [0.3, 0.4) is 0 Å². The molecule has 0 fully saturated rings. The zero-order valence-corrected chi connectivity index (χ0v) is 19.0. The van der Waals surface area contributed by atoms with Crippen molar-refractivity contribution in [2.45, 2.75) is 13.3 Å². The van der Waals surface area contributed by atoms with Gasteiger partial charge in [-0.15, -0.1) is 23.7 Å². The standard InChI is InChI=1S/C25H21N3O2S.ClH/c1-17-7-11-20(12-8-17)26-23(29)15-24-28-22(16-31-24)18-9-13-21(14-10-18)27-25(30)19-5-3-2-4-6-19;/h2-14,16H,15H2,1H3,(H,26,29)(H,27,30);1H. The third-order valence-corrected chi connectivity index (χ3v) is 5.52. The van der Waals surface area contributed by atoms with Crippen molar-refractivity contribution in [1.82, 2.24) is 4.98 Å². The number of hydrogen-bond donors (Lipinski definition) is 2. The summed E-state index contributed by atoms with van der Waals surface area (Å²) in [6.45, 7) is 2.01. The first kappa shape index (κ1) is 23.2. The summed E-state index contributed by atoms with van der Waals surface area (Å²) in [5.41, 5.74) is 4.99. The number of aryl methyl sites for hydroxylation is 1. The van der Waals surface area contributed by atoms with Crippen LogP contribution in [0.4, 0.5) is 11.4 Å². The lowest BCUT2D eigenvalue weighted by atomic mass is 10.1. The van der Waals surface area contributed by atoms with Crippen LogP contribution in [0.25, 0.3) is 11.3 Å². The van der Waals surface area contributed by atoms with Crippen LogP contribution >= 0.6 is 23.7 Å². The molecule has 0 aliphatic heterocycles. The van der Waals surface area contributed by atoms with Gasteiger partial charge in [-0.2, -0.15) is 0 Å². The first-order valence-corrected chi connectivity index (χ1v) is 10.7. The molecule has 0 bridgehead atoms. The summed E-state index contributed by atoms with van der Waals surface area (Å²) in [6, 6.07) is 24.3. The number of thiazole rings is 1. The number of halogens is 1. The van der Waals surface area contributed by atoms with E-state index in [2.05, 4.69) is 15.6 Å². The number of nitrogens with one attached hydrogen (secondary N) is 2. The van der Waals surface area contributed by atoms with Crippen molar-refractivity contribution >= 4 is 46.9 Å². The molecule has 0 aliphatic rings. The van der Waals surface area contributed by atoms with Crippen molar-refractivity contribution < 1.29 is 9.59 Å². The monoisotopic (exact) mass is 463 g/mol. The first-order chi connectivity index (χ1) is 15.1. The molecule has 32 heavy (non-hydrogen) atoms. The molecule has 0 saturated heterocycles. The van der Waals surface area contributed by atoms with Gasteiger partial charge in [-0.05, 0) is 43.3 Å². The normalized spacial score (nSPS) is 10.2. The van der Waals surface area contributed by atoms with Crippen molar-refractivity contribution in [3.8, 4) is 11.3 Å². The predicted molar refractivity (Wildman–Crippen MR) is 133 cm³/mol. The van der Waals surface area contributed by atoms with Crippen molar-refractivity contribution in [2.75, 3.05) is 10.6 Å². The maximum Gasteiger partial charge on any atom is 0.255 e. The number of nitrogens with zero attached hydrogens (tertiary/aromatic N) is 1. The molecule has 3 aromatic carbocycles. The van der Waals surface area contributed by atoms with E-state index in [1.54, 1.807) is 12.1 Å². The molecule has 2 amide bonds. The first-order valence-electron chi connectivity index (χ1n) is 9.84. The molecule has 4 aromatic rings. The minimum Gasteiger partial charge on any atom is -0.326 e. The van der Waals surface area contributed by atoms with E-state index in [1.807, 2.05) is 79.0 Å². The number of anilines is 2. The SMILES string of the molecule is Cc1ccc(NC(=O)Cc2nc(-c3ccc(NC(=O)c4ccccc4)cc3)cs2)cc1.Cl. The summed E-state index contributed by atoms with van der Waals surface area (Å²) in [5, 5.41) is 8.47. The third kappa shape index (κ3) is 6.03. The number of carbonyl (C=O) groups is 2. The largest absolute Gasteiger partial charge is 0.326 e. The van der Waals surface area contributed by atoms with E-state index in [0.717, 1.165) is 27.5 Å². The summed E-state index contributed by atoms with van der Waals surface area (Å²) in [6.07, 6.45) is 0.226. The average molecular weight is 464 g/mol. The molecular formula is C25H22ClN3O2S. The van der Waals surface area contributed by atoms with E-state index in [0.29, 0.717) is 11.3 Å². The van der Waals surface area contributed by atoms with Gasteiger partial charge in [0.1, 0.15) is 5.01 Å². The Labute approximate surface area is 196 Å². The van der Waals surface area contributed by atoms with Gasteiger partial charge in [-0.25, -0.2) is 4.98 Å². The van der Waals surface area contributed by atoms with E-state index in [-0.39, 0.29) is 30.6 Å².